The molecule has 7 heteroatoms. The fourth-order valence-corrected chi connectivity index (χ4v) is 3.37. The molecule has 2 aromatic heterocycles. The number of thiophene rings is 1. The van der Waals surface area contributed by atoms with E-state index in [9.17, 15) is 4.79 Å². The number of carbonyl (C=O) groups is 1. The molecule has 0 radical (unpaired) electrons. The zero-order chi connectivity index (χ0) is 17.6. The number of nitrogens with zero attached hydrogens (tertiary/aromatic N) is 3. The molecule has 5 nitrogen and oxygen atoms in total. The van der Waals surface area contributed by atoms with Crippen molar-refractivity contribution in [3.63, 3.8) is 0 Å². The lowest BCUT2D eigenvalue weighted by Crippen LogP contribution is -2.28. The van der Waals surface area contributed by atoms with E-state index in [-0.39, 0.29) is 18.3 Å². The molecule has 3 aromatic rings. The van der Waals surface area contributed by atoms with Crippen LogP contribution in [0.4, 0.5) is 0 Å². The lowest BCUT2D eigenvalue weighted by Gasteiger charge is -2.16. The van der Waals surface area contributed by atoms with Gasteiger partial charge in [-0.3, -0.25) is 4.79 Å². The molecular weight excluding hydrogens is 368 g/mol. The predicted octanol–water partition coefficient (Wildman–Crippen LogP) is 3.59. The van der Waals surface area contributed by atoms with Crippen LogP contribution in [0.1, 0.15) is 12.0 Å². The van der Waals surface area contributed by atoms with Crippen LogP contribution < -0.4 is 5.32 Å². The first-order valence-electron chi connectivity index (χ1n) is 8.25. The van der Waals surface area contributed by atoms with Gasteiger partial charge in [-0.1, -0.05) is 24.3 Å². The Kier molecular flexibility index (Phi) is 7.38. The summed E-state index contributed by atoms with van der Waals surface area (Å²) in [6.07, 6.45) is 2.51. The summed E-state index contributed by atoms with van der Waals surface area (Å²) in [5.74, 6) is 0.124. The van der Waals surface area contributed by atoms with Gasteiger partial charge >= 0.3 is 0 Å². The Bertz CT molecular complexity index is 817. The number of nitrogens with one attached hydrogen (secondary N) is 1. The van der Waals surface area contributed by atoms with Crippen LogP contribution in [0.5, 0.6) is 0 Å². The molecule has 0 unspecified atom stereocenters. The summed E-state index contributed by atoms with van der Waals surface area (Å²) in [6, 6.07) is 14.1. The van der Waals surface area contributed by atoms with Crippen LogP contribution in [0.15, 0.2) is 54.0 Å². The molecule has 0 saturated carbocycles. The smallest absolute Gasteiger partial charge is 0.223 e. The maximum atomic E-state index is 12.2. The van der Waals surface area contributed by atoms with Crippen molar-refractivity contribution >= 4 is 29.7 Å². The van der Waals surface area contributed by atoms with Gasteiger partial charge in [0, 0.05) is 38.3 Å². The van der Waals surface area contributed by atoms with Gasteiger partial charge in [0.15, 0.2) is 0 Å². The average molecular weight is 391 g/mol. The van der Waals surface area contributed by atoms with Crippen LogP contribution in [0, 0.1) is 0 Å². The van der Waals surface area contributed by atoms with Gasteiger partial charge in [-0.2, -0.15) is 5.10 Å². The summed E-state index contributed by atoms with van der Waals surface area (Å²) < 4.78 is 1.89. The molecule has 1 aromatic carbocycles. The predicted molar refractivity (Wildman–Crippen MR) is 109 cm³/mol. The maximum absolute atomic E-state index is 12.2. The Labute approximate surface area is 164 Å². The summed E-state index contributed by atoms with van der Waals surface area (Å²) in [5.41, 5.74) is 2.99. The van der Waals surface area contributed by atoms with E-state index >= 15 is 0 Å². The maximum Gasteiger partial charge on any atom is 0.223 e. The van der Waals surface area contributed by atoms with Crippen LogP contribution in [-0.2, 0) is 11.3 Å². The van der Waals surface area contributed by atoms with Gasteiger partial charge in [0.05, 0.1) is 10.6 Å². The molecule has 3 rings (SSSR count). The minimum absolute atomic E-state index is 0. The summed E-state index contributed by atoms with van der Waals surface area (Å²) in [6.45, 7) is 1.23. The lowest BCUT2D eigenvalue weighted by atomic mass is 10.2. The number of benzene rings is 1. The number of aromatic nitrogens is 2. The van der Waals surface area contributed by atoms with Crippen LogP contribution in [0.25, 0.3) is 16.3 Å². The zero-order valence-electron chi connectivity index (χ0n) is 14.9. The van der Waals surface area contributed by atoms with E-state index in [1.807, 2.05) is 66.8 Å². The minimum atomic E-state index is 0. The van der Waals surface area contributed by atoms with Crippen LogP contribution in [-0.4, -0.2) is 41.2 Å². The van der Waals surface area contributed by atoms with Gasteiger partial charge in [0.2, 0.25) is 5.91 Å². The van der Waals surface area contributed by atoms with Gasteiger partial charge in [0.1, 0.15) is 5.69 Å². The second-order valence-corrected chi connectivity index (χ2v) is 6.81. The second kappa shape index (κ2) is 9.52. The third-order valence-corrected chi connectivity index (χ3v) is 4.86. The summed E-state index contributed by atoms with van der Waals surface area (Å²) in [5, 5.41) is 9.83. The Morgan fingerprint density at radius 3 is 2.65 bits per heavy atom. The molecule has 0 aliphatic carbocycles. The van der Waals surface area contributed by atoms with Crippen molar-refractivity contribution < 1.29 is 4.79 Å². The molecule has 0 saturated heterocycles. The largest absolute Gasteiger partial charge is 0.341 e. The van der Waals surface area contributed by atoms with Gasteiger partial charge in [0.25, 0.3) is 0 Å². The molecule has 0 bridgehead atoms. The number of halogens is 1. The van der Waals surface area contributed by atoms with Gasteiger partial charge < -0.3 is 10.2 Å². The minimum Gasteiger partial charge on any atom is -0.341 e. The Hall–Kier alpha value is -2.15. The molecule has 0 aliphatic rings. The summed E-state index contributed by atoms with van der Waals surface area (Å²) in [7, 11) is 3.70. The Morgan fingerprint density at radius 2 is 2.00 bits per heavy atom. The van der Waals surface area contributed by atoms with Gasteiger partial charge in [-0.15, -0.1) is 23.7 Å². The summed E-state index contributed by atoms with van der Waals surface area (Å²) in [4.78, 5) is 15.1. The second-order valence-electron chi connectivity index (χ2n) is 5.86. The number of rotatable bonds is 7. The number of hydrogen-bond donors (Lipinski definition) is 1. The molecule has 0 fully saturated rings. The number of amides is 1. The number of hydrogen-bond acceptors (Lipinski definition) is 4. The van der Waals surface area contributed by atoms with Crippen LogP contribution >= 0.6 is 23.7 Å². The zero-order valence-corrected chi connectivity index (χ0v) is 16.5. The summed E-state index contributed by atoms with van der Waals surface area (Å²) >= 11 is 1.66. The molecule has 1 amide bonds. The number of para-hydroxylation sites is 1. The van der Waals surface area contributed by atoms with E-state index in [1.54, 1.807) is 16.2 Å². The monoisotopic (exact) mass is 390 g/mol. The highest BCUT2D eigenvalue weighted by atomic mass is 35.5. The van der Waals surface area contributed by atoms with E-state index in [2.05, 4.69) is 11.4 Å². The van der Waals surface area contributed by atoms with Crippen LogP contribution in [0.3, 0.4) is 0 Å². The standard InChI is InChI=1S/C19H22N4OS.ClH/c1-20-11-10-18(24)22(2)13-15-14-23(16-7-4-3-5-8-16)21-19(15)17-9-6-12-25-17;/h3-9,12,14,20H,10-11,13H2,1-2H3;1H. The fourth-order valence-electron chi connectivity index (χ4n) is 2.63. The highest BCUT2D eigenvalue weighted by molar-refractivity contribution is 7.13. The number of carbonyl (C=O) groups excluding carboxylic acids is 1. The van der Waals surface area contributed by atoms with Crippen molar-refractivity contribution in [2.75, 3.05) is 20.6 Å². The first kappa shape index (κ1) is 20.2. The molecule has 26 heavy (non-hydrogen) atoms. The molecule has 2 heterocycles. The van der Waals surface area contributed by atoms with Crippen molar-refractivity contribution in [1.82, 2.24) is 20.0 Å². The quantitative estimate of drug-likeness (QED) is 0.670. The topological polar surface area (TPSA) is 50.2 Å². The van der Waals surface area contributed by atoms with Gasteiger partial charge in [-0.25, -0.2) is 4.68 Å². The molecule has 0 aliphatic heterocycles. The highest BCUT2D eigenvalue weighted by Gasteiger charge is 2.17. The third kappa shape index (κ3) is 4.72. The normalized spacial score (nSPS) is 10.4. The van der Waals surface area contributed by atoms with E-state index < -0.39 is 0 Å². The van der Waals surface area contributed by atoms with Crippen molar-refractivity contribution in [2.24, 2.45) is 0 Å². The van der Waals surface area contributed by atoms with Gasteiger partial charge in [-0.05, 0) is 30.6 Å². The van der Waals surface area contributed by atoms with Crippen molar-refractivity contribution in [3.8, 4) is 16.3 Å². The fraction of sp³-hybridized carbons (Fsp3) is 0.263. The van der Waals surface area contributed by atoms with E-state index in [0.717, 1.165) is 21.8 Å². The first-order chi connectivity index (χ1) is 12.2. The van der Waals surface area contributed by atoms with E-state index in [0.29, 0.717) is 19.5 Å². The van der Waals surface area contributed by atoms with Crippen molar-refractivity contribution in [1.29, 1.82) is 0 Å². The lowest BCUT2D eigenvalue weighted by molar-refractivity contribution is -0.130. The van der Waals surface area contributed by atoms with Crippen LogP contribution in [0.2, 0.25) is 0 Å². The Morgan fingerprint density at radius 1 is 1.23 bits per heavy atom. The highest BCUT2D eigenvalue weighted by Crippen LogP contribution is 2.28. The van der Waals surface area contributed by atoms with Crippen molar-refractivity contribution in [3.05, 3.63) is 59.6 Å². The molecule has 0 atom stereocenters. The van der Waals surface area contributed by atoms with Crippen molar-refractivity contribution in [2.45, 2.75) is 13.0 Å². The molecule has 138 valence electrons. The third-order valence-electron chi connectivity index (χ3n) is 3.99. The average Bonchev–Trinajstić information content (AvgIpc) is 3.30. The first-order valence-corrected chi connectivity index (χ1v) is 9.13. The van der Waals surface area contributed by atoms with E-state index in [4.69, 9.17) is 5.10 Å². The van der Waals surface area contributed by atoms with E-state index in [1.165, 1.54) is 0 Å². The Balaban J connectivity index is 0.00000243. The SMILES string of the molecule is CNCCC(=O)N(C)Cc1cn(-c2ccccc2)nc1-c1cccs1.Cl. The molecule has 1 N–H and O–H groups in total. The molecule has 0 spiro atoms. The molecular formula is C19H23ClN4OS.